The summed E-state index contributed by atoms with van der Waals surface area (Å²) in [4.78, 5) is 13.0. The van der Waals surface area contributed by atoms with Crippen LogP contribution in [0, 0.1) is 0 Å². The maximum absolute atomic E-state index is 13.0. The monoisotopic (exact) mass is 328 g/mol. The van der Waals surface area contributed by atoms with Crippen LogP contribution in [-0.2, 0) is 4.79 Å². The van der Waals surface area contributed by atoms with E-state index in [-0.39, 0.29) is 17.6 Å². The third kappa shape index (κ3) is 2.84. The molecule has 4 heteroatoms. The van der Waals surface area contributed by atoms with Gasteiger partial charge in [0, 0.05) is 0 Å². The van der Waals surface area contributed by atoms with Crippen LogP contribution < -0.4 is 0 Å². The van der Waals surface area contributed by atoms with Crippen LogP contribution in [0.1, 0.15) is 23.0 Å². The molecule has 0 amide bonds. The molecule has 1 heterocycles. The summed E-state index contributed by atoms with van der Waals surface area (Å²) < 4.78 is 1.31. The van der Waals surface area contributed by atoms with E-state index in [1.54, 1.807) is 0 Å². The fraction of sp³-hybridized carbons (Fsp3) is 0.118. The average molecular weight is 328 g/mol. The molecule has 0 aromatic heterocycles. The Bertz CT molecular complexity index is 635. The van der Waals surface area contributed by atoms with Crippen LogP contribution in [0.3, 0.4) is 0 Å². The van der Waals surface area contributed by atoms with Gasteiger partial charge in [-0.2, -0.15) is 0 Å². The van der Waals surface area contributed by atoms with Crippen molar-refractivity contribution >= 4 is 50.4 Å². The van der Waals surface area contributed by atoms with Gasteiger partial charge < -0.3 is 0 Å². The average Bonchev–Trinajstić information content (AvgIpc) is 2.49. The van der Waals surface area contributed by atoms with Crippen LogP contribution in [-0.4, -0.2) is 14.2 Å². The summed E-state index contributed by atoms with van der Waals surface area (Å²) in [7, 11) is 0. The van der Waals surface area contributed by atoms with Crippen molar-refractivity contribution in [3.05, 3.63) is 71.8 Å². The fourth-order valence-electron chi connectivity index (χ4n) is 2.51. The summed E-state index contributed by atoms with van der Waals surface area (Å²) in [6.07, 6.45) is 0. The third-order valence-electron chi connectivity index (χ3n) is 3.51. The molecule has 0 N–H and O–H groups in total. The summed E-state index contributed by atoms with van der Waals surface area (Å²) in [5.74, 6) is -0.632. The number of ketones is 1. The van der Waals surface area contributed by atoms with Crippen LogP contribution in [0.2, 0.25) is 0 Å². The van der Waals surface area contributed by atoms with E-state index in [0.717, 1.165) is 11.1 Å². The molecule has 1 saturated heterocycles. The summed E-state index contributed by atoms with van der Waals surface area (Å²) in [6, 6.07) is 19.4. The number of thiocarbonyl (C=S) groups is 2. The predicted octanol–water partition coefficient (Wildman–Crippen LogP) is 4.52. The van der Waals surface area contributed by atoms with Crippen molar-refractivity contribution in [1.29, 1.82) is 0 Å². The lowest BCUT2D eigenvalue weighted by Crippen LogP contribution is -2.33. The molecule has 2 unspecified atom stereocenters. The first-order valence-electron chi connectivity index (χ1n) is 6.57. The number of rotatable bonds is 2. The zero-order chi connectivity index (χ0) is 14.8. The maximum atomic E-state index is 13.0. The maximum Gasteiger partial charge on any atom is 0.159 e. The van der Waals surface area contributed by atoms with Gasteiger partial charge in [0.1, 0.15) is 0 Å². The second-order valence-electron chi connectivity index (χ2n) is 4.83. The molecule has 0 aliphatic carbocycles. The minimum atomic E-state index is -0.358. The molecule has 0 spiro atoms. The Labute approximate surface area is 138 Å². The van der Waals surface area contributed by atoms with E-state index in [0.29, 0.717) is 8.39 Å². The highest BCUT2D eigenvalue weighted by Gasteiger charge is 2.40. The summed E-state index contributed by atoms with van der Waals surface area (Å²) >= 11 is 12.2. The standard InChI is InChI=1S/C17H12OS3/c18-15-13(11-7-3-1-4-8-11)16(19)21-17(20)14(15)12-9-5-2-6-10-12/h1-10,13-14H. The Morgan fingerprint density at radius 3 is 1.48 bits per heavy atom. The van der Waals surface area contributed by atoms with Gasteiger partial charge in [-0.15, -0.1) is 0 Å². The van der Waals surface area contributed by atoms with Crippen molar-refractivity contribution in [2.45, 2.75) is 11.8 Å². The van der Waals surface area contributed by atoms with E-state index in [1.807, 2.05) is 60.7 Å². The molecule has 1 aliphatic rings. The van der Waals surface area contributed by atoms with Crippen molar-refractivity contribution in [2.24, 2.45) is 0 Å². The summed E-state index contributed by atoms with van der Waals surface area (Å²) in [5, 5.41) is 0. The lowest BCUT2D eigenvalue weighted by atomic mass is 9.85. The van der Waals surface area contributed by atoms with E-state index in [9.17, 15) is 4.79 Å². The van der Waals surface area contributed by atoms with Crippen LogP contribution in [0.5, 0.6) is 0 Å². The lowest BCUT2D eigenvalue weighted by Gasteiger charge is -2.29. The lowest BCUT2D eigenvalue weighted by molar-refractivity contribution is -0.119. The van der Waals surface area contributed by atoms with Crippen LogP contribution in [0.25, 0.3) is 0 Å². The molecule has 0 radical (unpaired) electrons. The van der Waals surface area contributed by atoms with Crippen LogP contribution in [0.4, 0.5) is 0 Å². The number of carbonyl (C=O) groups is 1. The van der Waals surface area contributed by atoms with Crippen molar-refractivity contribution < 1.29 is 4.79 Å². The van der Waals surface area contributed by atoms with Gasteiger partial charge in [-0.1, -0.05) is 96.9 Å². The Kier molecular flexibility index (Phi) is 4.29. The smallest absolute Gasteiger partial charge is 0.159 e. The Morgan fingerprint density at radius 2 is 1.10 bits per heavy atom. The zero-order valence-corrected chi connectivity index (χ0v) is 13.5. The first-order valence-corrected chi connectivity index (χ1v) is 8.21. The topological polar surface area (TPSA) is 17.1 Å². The van der Waals surface area contributed by atoms with Gasteiger partial charge in [0.05, 0.1) is 20.2 Å². The van der Waals surface area contributed by atoms with E-state index in [1.165, 1.54) is 11.8 Å². The number of thioether (sulfide) groups is 1. The van der Waals surface area contributed by atoms with Crippen molar-refractivity contribution in [1.82, 2.24) is 0 Å². The molecule has 104 valence electrons. The first-order chi connectivity index (χ1) is 10.2. The minimum Gasteiger partial charge on any atom is -0.297 e. The zero-order valence-electron chi connectivity index (χ0n) is 11.1. The van der Waals surface area contributed by atoms with Crippen LogP contribution in [0.15, 0.2) is 60.7 Å². The molecule has 0 saturated carbocycles. The highest BCUT2D eigenvalue weighted by atomic mass is 32.2. The molecular formula is C17H12OS3. The van der Waals surface area contributed by atoms with Gasteiger partial charge in [-0.3, -0.25) is 4.79 Å². The fourth-order valence-corrected chi connectivity index (χ4v) is 4.65. The van der Waals surface area contributed by atoms with Gasteiger partial charge in [0.25, 0.3) is 0 Å². The number of Topliss-reactive ketones (excluding diaryl/α,β-unsaturated/α-hetero) is 1. The van der Waals surface area contributed by atoms with Crippen molar-refractivity contribution in [3.8, 4) is 0 Å². The molecule has 0 bridgehead atoms. The van der Waals surface area contributed by atoms with E-state index in [4.69, 9.17) is 24.4 Å². The van der Waals surface area contributed by atoms with Crippen molar-refractivity contribution in [2.75, 3.05) is 0 Å². The second-order valence-corrected chi connectivity index (χ2v) is 7.31. The largest absolute Gasteiger partial charge is 0.297 e. The van der Waals surface area contributed by atoms with Gasteiger partial charge in [-0.05, 0) is 11.1 Å². The molecule has 2 aromatic rings. The van der Waals surface area contributed by atoms with Gasteiger partial charge in [-0.25, -0.2) is 0 Å². The molecule has 1 fully saturated rings. The Balaban J connectivity index is 2.02. The molecule has 3 rings (SSSR count). The molecule has 2 aromatic carbocycles. The number of hydrogen-bond acceptors (Lipinski definition) is 4. The number of carbonyl (C=O) groups excluding carboxylic acids is 1. The van der Waals surface area contributed by atoms with Gasteiger partial charge >= 0.3 is 0 Å². The van der Waals surface area contributed by atoms with Gasteiger partial charge in [0.15, 0.2) is 5.78 Å². The highest BCUT2D eigenvalue weighted by Crippen LogP contribution is 2.40. The second kappa shape index (κ2) is 6.18. The first kappa shape index (κ1) is 14.6. The van der Waals surface area contributed by atoms with E-state index >= 15 is 0 Å². The van der Waals surface area contributed by atoms with E-state index in [2.05, 4.69) is 0 Å². The number of hydrogen-bond donors (Lipinski definition) is 0. The molecular weight excluding hydrogens is 316 g/mol. The Hall–Kier alpha value is -1.36. The predicted molar refractivity (Wildman–Crippen MR) is 96.2 cm³/mol. The normalized spacial score (nSPS) is 22.4. The SMILES string of the molecule is O=C1C(c2ccccc2)C(=S)SC(=S)C1c1ccccc1. The quantitative estimate of drug-likeness (QED) is 0.753. The molecule has 1 nitrogen and oxygen atoms in total. The molecule has 1 aliphatic heterocycles. The van der Waals surface area contributed by atoms with Crippen molar-refractivity contribution in [3.63, 3.8) is 0 Å². The number of benzene rings is 2. The third-order valence-corrected chi connectivity index (χ3v) is 5.35. The molecule has 21 heavy (non-hydrogen) atoms. The van der Waals surface area contributed by atoms with Crippen LogP contribution >= 0.6 is 36.2 Å². The van der Waals surface area contributed by atoms with Gasteiger partial charge in [0.2, 0.25) is 0 Å². The summed E-state index contributed by atoms with van der Waals surface area (Å²) in [6.45, 7) is 0. The highest BCUT2D eigenvalue weighted by molar-refractivity contribution is 8.38. The Morgan fingerprint density at radius 1 is 0.714 bits per heavy atom. The molecule has 2 atom stereocenters. The summed E-state index contributed by atoms with van der Waals surface area (Å²) in [5.41, 5.74) is 1.90. The minimum absolute atomic E-state index is 0.0844. The van der Waals surface area contributed by atoms with E-state index < -0.39 is 0 Å².